The van der Waals surface area contributed by atoms with E-state index in [2.05, 4.69) is 16.6 Å². The summed E-state index contributed by atoms with van der Waals surface area (Å²) in [7, 11) is -3.56. The van der Waals surface area contributed by atoms with Crippen molar-refractivity contribution in [2.75, 3.05) is 6.54 Å². The molecule has 0 bridgehead atoms. The number of aryl methyl sites for hydroxylation is 1. The zero-order valence-electron chi connectivity index (χ0n) is 11.6. The lowest BCUT2D eigenvalue weighted by atomic mass is 10.1. The van der Waals surface area contributed by atoms with Crippen LogP contribution in [0, 0.1) is 18.8 Å². The second-order valence-corrected chi connectivity index (χ2v) is 6.96. The maximum Gasteiger partial charge on any atom is 0.241 e. The molecule has 0 atom stereocenters. The summed E-state index contributed by atoms with van der Waals surface area (Å²) in [6.07, 6.45) is 0. The van der Waals surface area contributed by atoms with Crippen LogP contribution in [-0.4, -0.2) is 15.0 Å². The van der Waals surface area contributed by atoms with Crippen LogP contribution in [0.5, 0.6) is 0 Å². The highest BCUT2D eigenvalue weighted by Crippen LogP contribution is 2.17. The van der Waals surface area contributed by atoms with Gasteiger partial charge in [0.2, 0.25) is 10.0 Å². The number of nitrogens with two attached hydrogens (primary N) is 1. The lowest BCUT2D eigenvalue weighted by Gasteiger charge is -2.09. The number of rotatable bonds is 4. The average molecular weight is 320 g/mol. The van der Waals surface area contributed by atoms with E-state index in [1.54, 1.807) is 25.1 Å². The van der Waals surface area contributed by atoms with Gasteiger partial charge in [0.25, 0.3) is 0 Å². The predicted molar refractivity (Wildman–Crippen MR) is 85.5 cm³/mol. The van der Waals surface area contributed by atoms with Gasteiger partial charge in [-0.3, -0.25) is 0 Å². The standard InChI is InChI=1S/C15H16N2O2S2/c1-12-4-5-13(3-2-7-16)9-15(12)21(18,19)17-10-14-6-8-20-11-14/h4-6,8-9,11,17H,7,10,16H2,1H3. The van der Waals surface area contributed by atoms with Crippen LogP contribution >= 0.6 is 11.3 Å². The minimum atomic E-state index is -3.56. The van der Waals surface area contributed by atoms with Gasteiger partial charge in [0.05, 0.1) is 11.4 Å². The molecule has 2 aromatic rings. The maximum atomic E-state index is 12.4. The molecule has 0 fully saturated rings. The molecule has 0 saturated carbocycles. The molecule has 0 unspecified atom stereocenters. The van der Waals surface area contributed by atoms with Crippen molar-refractivity contribution >= 4 is 21.4 Å². The summed E-state index contributed by atoms with van der Waals surface area (Å²) >= 11 is 1.54. The van der Waals surface area contributed by atoms with Crippen molar-refractivity contribution in [2.45, 2.75) is 18.4 Å². The fraction of sp³-hybridized carbons (Fsp3) is 0.200. The normalized spacial score (nSPS) is 11.0. The molecule has 0 saturated heterocycles. The molecule has 1 aromatic carbocycles. The number of thiophene rings is 1. The number of nitrogens with one attached hydrogen (secondary N) is 1. The van der Waals surface area contributed by atoms with Gasteiger partial charge in [-0.2, -0.15) is 11.3 Å². The average Bonchev–Trinajstić information content (AvgIpc) is 2.97. The molecule has 0 radical (unpaired) electrons. The zero-order valence-corrected chi connectivity index (χ0v) is 13.2. The summed E-state index contributed by atoms with van der Waals surface area (Å²) in [4.78, 5) is 0.251. The van der Waals surface area contributed by atoms with E-state index in [0.717, 1.165) is 5.56 Å². The van der Waals surface area contributed by atoms with E-state index >= 15 is 0 Å². The third kappa shape index (κ3) is 4.16. The van der Waals surface area contributed by atoms with Gasteiger partial charge >= 0.3 is 0 Å². The summed E-state index contributed by atoms with van der Waals surface area (Å²) < 4.78 is 27.4. The van der Waals surface area contributed by atoms with Gasteiger partial charge in [-0.25, -0.2) is 13.1 Å². The summed E-state index contributed by atoms with van der Waals surface area (Å²) in [5, 5.41) is 3.83. The highest BCUT2D eigenvalue weighted by Gasteiger charge is 2.16. The number of sulfonamides is 1. The van der Waals surface area contributed by atoms with Crippen molar-refractivity contribution in [1.29, 1.82) is 0 Å². The Bertz CT molecular complexity index is 770. The topological polar surface area (TPSA) is 72.2 Å². The zero-order chi connectivity index (χ0) is 15.3. The van der Waals surface area contributed by atoms with Crippen molar-refractivity contribution in [2.24, 2.45) is 5.73 Å². The summed E-state index contributed by atoms with van der Waals surface area (Å²) in [5.74, 6) is 5.57. The van der Waals surface area contributed by atoms with Gasteiger partial charge in [0.1, 0.15) is 0 Å². The first-order valence-corrected chi connectivity index (χ1v) is 8.76. The fourth-order valence-electron chi connectivity index (χ4n) is 1.77. The first-order chi connectivity index (χ1) is 10.0. The van der Waals surface area contributed by atoms with Crippen molar-refractivity contribution in [3.63, 3.8) is 0 Å². The Kier molecular flexibility index (Phi) is 5.15. The summed E-state index contributed by atoms with van der Waals surface area (Å²) in [6, 6.07) is 7.01. The molecule has 21 heavy (non-hydrogen) atoms. The number of hydrogen-bond donors (Lipinski definition) is 2. The Balaban J connectivity index is 2.26. The largest absolute Gasteiger partial charge is 0.320 e. The minimum Gasteiger partial charge on any atom is -0.320 e. The molecule has 1 heterocycles. The van der Waals surface area contributed by atoms with Crippen molar-refractivity contribution < 1.29 is 8.42 Å². The predicted octanol–water partition coefficient (Wildman–Crippen LogP) is 1.85. The van der Waals surface area contributed by atoms with Crippen LogP contribution in [-0.2, 0) is 16.6 Å². The first-order valence-electron chi connectivity index (χ1n) is 6.33. The molecule has 0 aliphatic carbocycles. The van der Waals surface area contributed by atoms with E-state index in [9.17, 15) is 8.42 Å². The van der Waals surface area contributed by atoms with Gasteiger partial charge < -0.3 is 5.73 Å². The molecular weight excluding hydrogens is 304 g/mol. The van der Waals surface area contributed by atoms with Gasteiger partial charge in [0, 0.05) is 12.1 Å². The van der Waals surface area contributed by atoms with Gasteiger partial charge in [-0.15, -0.1) is 0 Å². The lowest BCUT2D eigenvalue weighted by Crippen LogP contribution is -2.23. The second-order valence-electron chi connectivity index (χ2n) is 4.44. The summed E-state index contributed by atoms with van der Waals surface area (Å²) in [5.41, 5.74) is 7.60. The molecule has 0 aliphatic rings. The van der Waals surface area contributed by atoms with Gasteiger partial charge in [0.15, 0.2) is 0 Å². The van der Waals surface area contributed by atoms with E-state index in [1.165, 1.54) is 11.3 Å². The number of benzene rings is 1. The lowest BCUT2D eigenvalue weighted by molar-refractivity contribution is 0.580. The van der Waals surface area contributed by atoms with Crippen molar-refractivity contribution in [3.8, 4) is 11.8 Å². The quantitative estimate of drug-likeness (QED) is 0.845. The smallest absolute Gasteiger partial charge is 0.241 e. The third-order valence-electron chi connectivity index (χ3n) is 2.86. The van der Waals surface area contributed by atoms with Crippen molar-refractivity contribution in [1.82, 2.24) is 4.72 Å². The van der Waals surface area contributed by atoms with E-state index in [-0.39, 0.29) is 18.0 Å². The Morgan fingerprint density at radius 3 is 2.81 bits per heavy atom. The van der Waals surface area contributed by atoms with Gasteiger partial charge in [-0.05, 0) is 47.0 Å². The van der Waals surface area contributed by atoms with E-state index in [0.29, 0.717) is 11.1 Å². The molecule has 0 amide bonds. The molecule has 110 valence electrons. The molecule has 4 nitrogen and oxygen atoms in total. The van der Waals surface area contributed by atoms with Crippen LogP contribution < -0.4 is 10.5 Å². The maximum absolute atomic E-state index is 12.4. The van der Waals surface area contributed by atoms with Crippen LogP contribution in [0.2, 0.25) is 0 Å². The SMILES string of the molecule is Cc1ccc(C#CCN)cc1S(=O)(=O)NCc1ccsc1. The third-order valence-corrected chi connectivity index (χ3v) is 5.13. The molecule has 0 spiro atoms. The first kappa shape index (κ1) is 15.7. The summed E-state index contributed by atoms with van der Waals surface area (Å²) in [6.45, 7) is 2.29. The van der Waals surface area contributed by atoms with Crippen molar-refractivity contribution in [3.05, 3.63) is 51.7 Å². The highest BCUT2D eigenvalue weighted by atomic mass is 32.2. The van der Waals surface area contributed by atoms with Crippen LogP contribution in [0.4, 0.5) is 0 Å². The Labute approximate surface area is 129 Å². The highest BCUT2D eigenvalue weighted by molar-refractivity contribution is 7.89. The minimum absolute atomic E-state index is 0.242. The van der Waals surface area contributed by atoms with E-state index in [1.807, 2.05) is 16.8 Å². The van der Waals surface area contributed by atoms with Gasteiger partial charge in [-0.1, -0.05) is 17.9 Å². The second kappa shape index (κ2) is 6.87. The van der Waals surface area contributed by atoms with Crippen LogP contribution in [0.1, 0.15) is 16.7 Å². The van der Waals surface area contributed by atoms with Crippen LogP contribution in [0.15, 0.2) is 39.9 Å². The molecule has 3 N–H and O–H groups in total. The monoisotopic (exact) mass is 320 g/mol. The molecule has 6 heteroatoms. The molecular formula is C15H16N2O2S2. The van der Waals surface area contributed by atoms with Crippen LogP contribution in [0.3, 0.4) is 0 Å². The Morgan fingerprint density at radius 1 is 1.33 bits per heavy atom. The Hall–Kier alpha value is -1.65. The number of hydrogen-bond acceptors (Lipinski definition) is 4. The fourth-order valence-corrected chi connectivity index (χ4v) is 3.72. The Morgan fingerprint density at radius 2 is 2.14 bits per heavy atom. The molecule has 2 rings (SSSR count). The van der Waals surface area contributed by atoms with E-state index in [4.69, 9.17) is 5.73 Å². The molecule has 1 aromatic heterocycles. The van der Waals surface area contributed by atoms with Crippen LogP contribution in [0.25, 0.3) is 0 Å². The van der Waals surface area contributed by atoms with E-state index < -0.39 is 10.0 Å². The molecule has 0 aliphatic heterocycles.